The molecule has 2 aromatic rings. The Kier molecular flexibility index (Phi) is 7.00. The molecule has 0 bridgehead atoms. The number of hydrogen-bond donors (Lipinski definition) is 4. The van der Waals surface area contributed by atoms with E-state index in [1.54, 1.807) is 11.8 Å². The zero-order valence-corrected chi connectivity index (χ0v) is 21.5. The van der Waals surface area contributed by atoms with Crippen molar-refractivity contribution in [2.45, 2.75) is 32.0 Å². The predicted molar refractivity (Wildman–Crippen MR) is 135 cm³/mol. The zero-order chi connectivity index (χ0) is 29.0. The number of nitrogens with one attached hydrogen (secondary N) is 2. The minimum absolute atomic E-state index is 0.0502. The van der Waals surface area contributed by atoms with Crippen LogP contribution in [-0.4, -0.2) is 71.4 Å². The van der Waals surface area contributed by atoms with Gasteiger partial charge in [-0.3, -0.25) is 24.5 Å². The van der Waals surface area contributed by atoms with Crippen LogP contribution in [-0.2, 0) is 14.4 Å². The summed E-state index contributed by atoms with van der Waals surface area (Å²) >= 11 is 0. The number of rotatable bonds is 7. The maximum absolute atomic E-state index is 15.3. The fourth-order valence-electron chi connectivity index (χ4n) is 5.38. The number of carbonyl (C=O) groups is 4. The number of hydrogen-bond acceptors (Lipinski definition) is 9. The lowest BCUT2D eigenvalue weighted by atomic mass is 9.92. The Hall–Kier alpha value is -4.04. The summed E-state index contributed by atoms with van der Waals surface area (Å²) in [6, 6.07) is 2.08. The molecule has 1 aromatic carbocycles. The lowest BCUT2D eigenvalue weighted by molar-refractivity contribution is -0.139. The molecule has 6 atom stereocenters. The van der Waals surface area contributed by atoms with Crippen LogP contribution in [0.4, 0.5) is 30.5 Å². The Morgan fingerprint density at radius 3 is 2.30 bits per heavy atom. The largest absolute Gasteiger partial charge is 0.481 e. The van der Waals surface area contributed by atoms with Gasteiger partial charge in [-0.25, -0.2) is 18.2 Å². The van der Waals surface area contributed by atoms with Crippen LogP contribution in [0.5, 0.6) is 0 Å². The van der Waals surface area contributed by atoms with E-state index in [4.69, 9.17) is 5.73 Å². The number of fused-ring (bicyclic) bond motifs is 2. The number of Topliss-reactive ketones (excluding diaryl/α,β-unsaturated/α-hetero) is 1. The van der Waals surface area contributed by atoms with Crippen LogP contribution in [0.1, 0.15) is 24.2 Å². The maximum Gasteiger partial charge on any atom is 0.316 e. The lowest BCUT2D eigenvalue weighted by Crippen LogP contribution is -2.50. The number of amides is 2. The fraction of sp³-hybridized carbons (Fsp3) is 0.423. The van der Waals surface area contributed by atoms with E-state index in [1.807, 2.05) is 0 Å². The Morgan fingerprint density at radius 2 is 1.70 bits per heavy atom. The SMILES string of the molecule is CC(N[C@H]1[C@@H]2CN(c3nc4c(cc3F)C(=O)C(C(=O)O)CN4c3ccc(F)cc3F)C[C@@H]21)C(=O)NC(=O)[C@H](C)N. The molecule has 11 nitrogen and oxygen atoms in total. The number of halogens is 3. The highest BCUT2D eigenvalue weighted by Crippen LogP contribution is 2.48. The molecule has 40 heavy (non-hydrogen) atoms. The Labute approximate surface area is 226 Å². The van der Waals surface area contributed by atoms with E-state index in [1.165, 1.54) is 6.92 Å². The molecule has 2 aliphatic heterocycles. The average molecular weight is 561 g/mol. The Balaban J connectivity index is 1.35. The minimum atomic E-state index is -1.60. The van der Waals surface area contributed by atoms with Crippen molar-refractivity contribution >= 4 is 40.9 Å². The van der Waals surface area contributed by atoms with Gasteiger partial charge in [0.25, 0.3) is 0 Å². The van der Waals surface area contributed by atoms with Crippen LogP contribution in [0, 0.1) is 35.2 Å². The van der Waals surface area contributed by atoms with Crippen molar-refractivity contribution in [2.24, 2.45) is 23.5 Å². The first kappa shape index (κ1) is 27.5. The number of imide groups is 1. The molecule has 1 aromatic heterocycles. The second-order valence-electron chi connectivity index (χ2n) is 10.4. The number of carbonyl (C=O) groups excluding carboxylic acids is 3. The number of carboxylic acids is 1. The highest BCUT2D eigenvalue weighted by atomic mass is 19.1. The smallest absolute Gasteiger partial charge is 0.316 e. The molecule has 212 valence electrons. The topological polar surface area (TPSA) is 158 Å². The fourth-order valence-corrected chi connectivity index (χ4v) is 5.38. The number of nitrogens with zero attached hydrogens (tertiary/aromatic N) is 3. The van der Waals surface area contributed by atoms with Gasteiger partial charge in [0.2, 0.25) is 11.8 Å². The van der Waals surface area contributed by atoms with Gasteiger partial charge in [0, 0.05) is 31.7 Å². The molecule has 3 aliphatic rings. The van der Waals surface area contributed by atoms with Gasteiger partial charge < -0.3 is 26.0 Å². The second kappa shape index (κ2) is 10.2. The molecule has 2 unspecified atom stereocenters. The molecule has 5 rings (SSSR count). The third kappa shape index (κ3) is 4.88. The van der Waals surface area contributed by atoms with Gasteiger partial charge in [0.15, 0.2) is 17.4 Å². The van der Waals surface area contributed by atoms with Crippen molar-refractivity contribution in [1.29, 1.82) is 0 Å². The number of ketones is 1. The molecule has 0 spiro atoms. The van der Waals surface area contributed by atoms with Crippen molar-refractivity contribution in [1.82, 2.24) is 15.6 Å². The number of pyridine rings is 1. The van der Waals surface area contributed by atoms with Gasteiger partial charge in [0.1, 0.15) is 23.4 Å². The number of benzene rings is 1. The molecule has 1 saturated heterocycles. The van der Waals surface area contributed by atoms with E-state index in [0.29, 0.717) is 19.2 Å². The van der Waals surface area contributed by atoms with E-state index in [-0.39, 0.29) is 40.8 Å². The van der Waals surface area contributed by atoms with Crippen molar-refractivity contribution < 1.29 is 37.5 Å². The number of piperidine rings is 1. The molecule has 1 aliphatic carbocycles. The van der Waals surface area contributed by atoms with Gasteiger partial charge >= 0.3 is 5.97 Å². The summed E-state index contributed by atoms with van der Waals surface area (Å²) in [5.74, 6) is -7.79. The lowest BCUT2D eigenvalue weighted by Gasteiger charge is -2.34. The van der Waals surface area contributed by atoms with Crippen molar-refractivity contribution in [3.05, 3.63) is 47.3 Å². The van der Waals surface area contributed by atoms with Gasteiger partial charge in [-0.1, -0.05) is 0 Å². The molecule has 5 N–H and O–H groups in total. The first-order chi connectivity index (χ1) is 18.9. The standard InChI is InChI=1S/C26H27F3N6O5/c1-10(30)24(37)33-25(38)11(2)31-20-14-7-34(8-15(14)20)23-18(29)6-13-21(36)16(26(39)40)9-35(22(13)32-23)19-4-3-12(27)5-17(19)28/h3-6,10-11,14-16,20,31H,7-9,30H2,1-2H3,(H,39,40)(H,33,37,38)/t10-,11?,14-,15+,16?,20+/m0/s1. The predicted octanol–water partition coefficient (Wildman–Crippen LogP) is 0.937. The summed E-state index contributed by atoms with van der Waals surface area (Å²) in [7, 11) is 0. The number of aromatic nitrogens is 1. The van der Waals surface area contributed by atoms with Gasteiger partial charge in [-0.2, -0.15) is 0 Å². The number of carboxylic acid groups (broad SMARTS) is 1. The molecule has 2 amide bonds. The molecule has 2 fully saturated rings. The van der Waals surface area contributed by atoms with Crippen LogP contribution < -0.4 is 26.2 Å². The van der Waals surface area contributed by atoms with E-state index in [0.717, 1.165) is 23.1 Å². The number of anilines is 3. The summed E-state index contributed by atoms with van der Waals surface area (Å²) in [5, 5.41) is 15.0. The highest BCUT2D eigenvalue weighted by Gasteiger charge is 2.57. The van der Waals surface area contributed by atoms with Crippen molar-refractivity contribution in [3.63, 3.8) is 0 Å². The van der Waals surface area contributed by atoms with Crippen LogP contribution in [0.25, 0.3) is 0 Å². The molecular weight excluding hydrogens is 533 g/mol. The van der Waals surface area contributed by atoms with Crippen LogP contribution in [0.15, 0.2) is 24.3 Å². The van der Waals surface area contributed by atoms with E-state index >= 15 is 4.39 Å². The van der Waals surface area contributed by atoms with Gasteiger partial charge in [0.05, 0.1) is 23.3 Å². The Morgan fingerprint density at radius 1 is 1.02 bits per heavy atom. The third-order valence-corrected chi connectivity index (χ3v) is 7.63. The second-order valence-corrected chi connectivity index (χ2v) is 10.4. The summed E-state index contributed by atoms with van der Waals surface area (Å²) < 4.78 is 43.6. The summed E-state index contributed by atoms with van der Waals surface area (Å²) in [6.45, 7) is 3.35. The first-order valence-corrected chi connectivity index (χ1v) is 12.7. The highest BCUT2D eigenvalue weighted by molar-refractivity contribution is 6.13. The molecule has 0 radical (unpaired) electrons. The molecule has 3 heterocycles. The molecular formula is C26H27F3N6O5. The van der Waals surface area contributed by atoms with E-state index in [9.17, 15) is 33.1 Å². The number of nitrogens with two attached hydrogens (primary N) is 1. The maximum atomic E-state index is 15.3. The average Bonchev–Trinajstić information content (AvgIpc) is 3.31. The third-order valence-electron chi connectivity index (χ3n) is 7.63. The quantitative estimate of drug-likeness (QED) is 0.359. The molecule has 1 saturated carbocycles. The van der Waals surface area contributed by atoms with Gasteiger partial charge in [-0.05, 0) is 43.9 Å². The van der Waals surface area contributed by atoms with Crippen LogP contribution in [0.3, 0.4) is 0 Å². The Bertz CT molecular complexity index is 1410. The summed E-state index contributed by atoms with van der Waals surface area (Å²) in [6.07, 6.45) is 0. The van der Waals surface area contributed by atoms with Crippen molar-refractivity contribution in [3.8, 4) is 0 Å². The first-order valence-electron chi connectivity index (χ1n) is 12.7. The van der Waals surface area contributed by atoms with Crippen LogP contribution in [0.2, 0.25) is 0 Å². The molecule has 14 heteroatoms. The number of aliphatic carboxylic acids is 1. The van der Waals surface area contributed by atoms with Gasteiger partial charge in [-0.15, -0.1) is 0 Å². The monoisotopic (exact) mass is 560 g/mol. The van der Waals surface area contributed by atoms with Crippen molar-refractivity contribution in [2.75, 3.05) is 29.4 Å². The van der Waals surface area contributed by atoms with E-state index < -0.39 is 65.6 Å². The van der Waals surface area contributed by atoms with Crippen LogP contribution >= 0.6 is 0 Å². The minimum Gasteiger partial charge on any atom is -0.481 e. The van der Waals surface area contributed by atoms with E-state index in [2.05, 4.69) is 15.6 Å². The normalized spacial score (nSPS) is 24.7. The zero-order valence-electron chi connectivity index (χ0n) is 21.5. The summed E-state index contributed by atoms with van der Waals surface area (Å²) in [5.41, 5.74) is 4.96. The summed E-state index contributed by atoms with van der Waals surface area (Å²) in [4.78, 5) is 55.7.